The quantitative estimate of drug-likeness (QED) is 0.908. The molecule has 1 aromatic heterocycles. The monoisotopic (exact) mass is 319 g/mol. The van der Waals surface area contributed by atoms with Crippen LogP contribution in [-0.2, 0) is 4.74 Å². The molecule has 0 aliphatic carbocycles. The molecule has 2 aromatic rings. The van der Waals surface area contributed by atoms with Gasteiger partial charge in [0.05, 0.1) is 0 Å². The summed E-state index contributed by atoms with van der Waals surface area (Å²) < 4.78 is 5.16. The van der Waals surface area contributed by atoms with Crippen molar-refractivity contribution >= 4 is 29.2 Å². The molecular formula is C15H17N3O3S. The summed E-state index contributed by atoms with van der Waals surface area (Å²) in [5.74, 6) is -0.0498. The van der Waals surface area contributed by atoms with E-state index in [2.05, 4.69) is 10.3 Å². The normalized spacial score (nSPS) is 11.0. The van der Waals surface area contributed by atoms with Crippen molar-refractivity contribution in [2.24, 2.45) is 5.73 Å². The maximum atomic E-state index is 11.7. The Morgan fingerprint density at radius 2 is 1.86 bits per heavy atom. The van der Waals surface area contributed by atoms with Gasteiger partial charge in [0.2, 0.25) is 5.91 Å². The second-order valence-electron chi connectivity index (χ2n) is 5.61. The molecule has 1 heterocycles. The van der Waals surface area contributed by atoms with E-state index in [1.807, 2.05) is 0 Å². The van der Waals surface area contributed by atoms with Gasteiger partial charge < -0.3 is 10.5 Å². The summed E-state index contributed by atoms with van der Waals surface area (Å²) in [6.45, 7) is 5.37. The Morgan fingerprint density at radius 3 is 2.41 bits per heavy atom. The molecule has 2 rings (SSSR count). The molecule has 0 fully saturated rings. The van der Waals surface area contributed by atoms with E-state index in [1.54, 1.807) is 50.4 Å². The van der Waals surface area contributed by atoms with Gasteiger partial charge >= 0.3 is 6.09 Å². The third-order valence-corrected chi connectivity index (χ3v) is 3.44. The van der Waals surface area contributed by atoms with Crippen LogP contribution in [0.5, 0.6) is 0 Å². The highest BCUT2D eigenvalue weighted by molar-refractivity contribution is 7.13. The molecule has 0 radical (unpaired) electrons. The zero-order valence-electron chi connectivity index (χ0n) is 12.5. The summed E-state index contributed by atoms with van der Waals surface area (Å²) in [6.07, 6.45) is -0.548. The summed E-state index contributed by atoms with van der Waals surface area (Å²) in [5, 5.41) is 5.03. The minimum Gasteiger partial charge on any atom is -0.444 e. The number of benzene rings is 1. The van der Waals surface area contributed by atoms with Crippen LogP contribution in [-0.4, -0.2) is 22.6 Å². The summed E-state index contributed by atoms with van der Waals surface area (Å²) in [4.78, 5) is 27.0. The minimum absolute atomic E-state index is 0.424. The predicted molar refractivity (Wildman–Crippen MR) is 85.9 cm³/mol. The molecule has 1 aromatic carbocycles. The van der Waals surface area contributed by atoms with Crippen molar-refractivity contribution in [2.45, 2.75) is 26.4 Å². The van der Waals surface area contributed by atoms with Gasteiger partial charge in [-0.3, -0.25) is 10.1 Å². The Morgan fingerprint density at radius 1 is 1.23 bits per heavy atom. The lowest BCUT2D eigenvalue weighted by Crippen LogP contribution is -2.27. The predicted octanol–water partition coefficient (Wildman–Crippen LogP) is 3.26. The van der Waals surface area contributed by atoms with Crippen LogP contribution in [0.4, 0.5) is 10.6 Å². The number of nitrogens with one attached hydrogen (secondary N) is 1. The maximum Gasteiger partial charge on any atom is 0.413 e. The molecule has 116 valence electrons. The van der Waals surface area contributed by atoms with E-state index in [0.717, 1.165) is 10.6 Å². The lowest BCUT2D eigenvalue weighted by molar-refractivity contribution is 0.0635. The van der Waals surface area contributed by atoms with Gasteiger partial charge in [-0.2, -0.15) is 0 Å². The zero-order chi connectivity index (χ0) is 16.3. The molecule has 0 unspecified atom stereocenters. The summed E-state index contributed by atoms with van der Waals surface area (Å²) >= 11 is 1.38. The Bertz CT molecular complexity index is 687. The van der Waals surface area contributed by atoms with E-state index in [-0.39, 0.29) is 0 Å². The average molecular weight is 319 g/mol. The number of thiazole rings is 1. The molecule has 22 heavy (non-hydrogen) atoms. The molecule has 2 amide bonds. The van der Waals surface area contributed by atoms with E-state index in [9.17, 15) is 9.59 Å². The second-order valence-corrected chi connectivity index (χ2v) is 6.46. The fraction of sp³-hybridized carbons (Fsp3) is 0.267. The van der Waals surface area contributed by atoms with Crippen LogP contribution in [0.3, 0.4) is 0 Å². The molecule has 0 aliphatic heterocycles. The van der Waals surface area contributed by atoms with Crippen LogP contribution >= 0.6 is 11.3 Å². The number of carbonyl (C=O) groups excluding carboxylic acids is 2. The zero-order valence-corrected chi connectivity index (χ0v) is 13.4. The Kier molecular flexibility index (Phi) is 4.46. The lowest BCUT2D eigenvalue weighted by atomic mass is 10.1. The second kappa shape index (κ2) is 6.15. The smallest absolute Gasteiger partial charge is 0.413 e. The number of nitrogens with two attached hydrogens (primary N) is 1. The van der Waals surface area contributed by atoms with Crippen molar-refractivity contribution in [3.8, 4) is 10.6 Å². The van der Waals surface area contributed by atoms with E-state index < -0.39 is 17.6 Å². The summed E-state index contributed by atoms with van der Waals surface area (Å²) in [6, 6.07) is 6.80. The Labute approximate surface area is 132 Å². The van der Waals surface area contributed by atoms with Gasteiger partial charge in [-0.05, 0) is 32.9 Å². The number of aromatic nitrogens is 1. The molecule has 0 aliphatic rings. The highest BCUT2D eigenvalue weighted by atomic mass is 32.1. The van der Waals surface area contributed by atoms with Crippen LogP contribution in [0, 0.1) is 0 Å². The minimum atomic E-state index is -0.562. The van der Waals surface area contributed by atoms with Gasteiger partial charge in [0.1, 0.15) is 16.4 Å². The molecule has 7 heteroatoms. The largest absolute Gasteiger partial charge is 0.444 e. The maximum absolute atomic E-state index is 11.7. The molecule has 6 nitrogen and oxygen atoms in total. The van der Waals surface area contributed by atoms with Crippen LogP contribution in [0.2, 0.25) is 0 Å². The highest BCUT2D eigenvalue weighted by Crippen LogP contribution is 2.26. The number of hydrogen-bond donors (Lipinski definition) is 2. The average Bonchev–Trinajstić information content (AvgIpc) is 2.85. The van der Waals surface area contributed by atoms with Crippen molar-refractivity contribution in [2.75, 3.05) is 5.32 Å². The standard InChI is InChI=1S/C15H17N3O3S/c1-15(2,3)21-14(20)18-11-8-22-13(17-11)10-6-4-9(5-7-10)12(16)19/h4-8H,1-3H3,(H2,16,19)(H,18,20). The number of ether oxygens (including phenoxy) is 1. The van der Waals surface area contributed by atoms with Crippen molar-refractivity contribution in [3.05, 3.63) is 35.2 Å². The number of carbonyl (C=O) groups is 2. The molecule has 3 N–H and O–H groups in total. The number of nitrogens with zero attached hydrogens (tertiary/aromatic N) is 1. The van der Waals surface area contributed by atoms with Crippen molar-refractivity contribution in [1.29, 1.82) is 0 Å². The fourth-order valence-corrected chi connectivity index (χ4v) is 2.41. The van der Waals surface area contributed by atoms with Gasteiger partial charge in [-0.1, -0.05) is 12.1 Å². The van der Waals surface area contributed by atoms with Gasteiger partial charge in [-0.25, -0.2) is 9.78 Å². The molecular weight excluding hydrogens is 302 g/mol. The summed E-state index contributed by atoms with van der Waals surface area (Å²) in [5.41, 5.74) is 5.91. The lowest BCUT2D eigenvalue weighted by Gasteiger charge is -2.19. The number of rotatable bonds is 3. The molecule has 0 atom stereocenters. The topological polar surface area (TPSA) is 94.3 Å². The first kappa shape index (κ1) is 16.0. The van der Waals surface area contributed by atoms with Gasteiger partial charge in [0.25, 0.3) is 0 Å². The highest BCUT2D eigenvalue weighted by Gasteiger charge is 2.17. The van der Waals surface area contributed by atoms with Gasteiger partial charge in [-0.15, -0.1) is 11.3 Å². The van der Waals surface area contributed by atoms with Crippen molar-refractivity contribution in [3.63, 3.8) is 0 Å². The van der Waals surface area contributed by atoms with Gasteiger partial charge in [0.15, 0.2) is 0 Å². The third kappa shape index (κ3) is 4.29. The molecule has 0 saturated carbocycles. The first-order valence-corrected chi connectivity index (χ1v) is 7.48. The van der Waals surface area contributed by atoms with E-state index in [4.69, 9.17) is 10.5 Å². The number of anilines is 1. The van der Waals surface area contributed by atoms with Crippen molar-refractivity contribution in [1.82, 2.24) is 4.98 Å². The SMILES string of the molecule is CC(C)(C)OC(=O)Nc1csc(-c2ccc(C(N)=O)cc2)n1. The van der Waals surface area contributed by atoms with Crippen LogP contribution in [0.25, 0.3) is 10.6 Å². The summed E-state index contributed by atoms with van der Waals surface area (Å²) in [7, 11) is 0. The van der Waals surface area contributed by atoms with Crippen LogP contribution in [0.15, 0.2) is 29.6 Å². The molecule has 0 saturated heterocycles. The first-order chi connectivity index (χ1) is 10.2. The van der Waals surface area contributed by atoms with E-state index in [1.165, 1.54) is 11.3 Å². The van der Waals surface area contributed by atoms with E-state index in [0.29, 0.717) is 11.4 Å². The number of amides is 2. The third-order valence-electron chi connectivity index (χ3n) is 2.55. The van der Waals surface area contributed by atoms with Crippen molar-refractivity contribution < 1.29 is 14.3 Å². The van der Waals surface area contributed by atoms with Gasteiger partial charge in [0, 0.05) is 16.5 Å². The first-order valence-electron chi connectivity index (χ1n) is 6.60. The molecule has 0 spiro atoms. The van der Waals surface area contributed by atoms with Crippen LogP contribution < -0.4 is 11.1 Å². The Balaban J connectivity index is 2.08. The fourth-order valence-electron chi connectivity index (χ4n) is 1.65. The molecule has 0 bridgehead atoms. The number of primary amides is 1. The Hall–Kier alpha value is -2.41. The number of hydrogen-bond acceptors (Lipinski definition) is 5. The van der Waals surface area contributed by atoms with Crippen LogP contribution in [0.1, 0.15) is 31.1 Å². The van der Waals surface area contributed by atoms with E-state index >= 15 is 0 Å².